The van der Waals surface area contributed by atoms with Gasteiger partial charge in [0.2, 0.25) is 10.0 Å². The zero-order valence-corrected chi connectivity index (χ0v) is 16.9. The molecule has 0 aliphatic carbocycles. The Morgan fingerprint density at radius 1 is 1.17 bits per heavy atom. The molecule has 2 aromatic rings. The minimum Gasteiger partial charge on any atom is -0.405 e. The molecule has 158 valence electrons. The van der Waals surface area contributed by atoms with E-state index in [1.807, 2.05) is 0 Å². The second-order valence-electron chi connectivity index (χ2n) is 6.29. The highest BCUT2D eigenvalue weighted by atomic mass is 32.2. The normalized spacial score (nSPS) is 11.9. The van der Waals surface area contributed by atoms with Crippen LogP contribution in [-0.4, -0.2) is 39.2 Å². The molecule has 0 saturated carbocycles. The Morgan fingerprint density at radius 3 is 2.45 bits per heavy atom. The largest absolute Gasteiger partial charge is 0.573 e. The molecule has 2 aromatic carbocycles. The van der Waals surface area contributed by atoms with E-state index in [1.54, 1.807) is 13.8 Å². The zero-order valence-electron chi connectivity index (χ0n) is 16.1. The van der Waals surface area contributed by atoms with Crippen LogP contribution in [0.5, 0.6) is 5.75 Å². The van der Waals surface area contributed by atoms with E-state index >= 15 is 0 Å². The van der Waals surface area contributed by atoms with E-state index < -0.39 is 28.0 Å². The Hall–Kier alpha value is -2.59. The maximum Gasteiger partial charge on any atom is 0.573 e. The van der Waals surface area contributed by atoms with Crippen LogP contribution in [0.25, 0.3) is 0 Å². The van der Waals surface area contributed by atoms with E-state index in [4.69, 9.17) is 0 Å². The summed E-state index contributed by atoms with van der Waals surface area (Å²) in [6.07, 6.45) is -4.86. The molecule has 2 rings (SSSR count). The molecule has 0 unspecified atom stereocenters. The third kappa shape index (κ3) is 5.94. The molecular formula is C19H21F3N2O4S. The molecule has 0 aromatic heterocycles. The average Bonchev–Trinajstić information content (AvgIpc) is 2.61. The molecule has 1 N–H and O–H groups in total. The van der Waals surface area contributed by atoms with Gasteiger partial charge in [0.25, 0.3) is 5.91 Å². The standard InChI is InChI=1S/C19H21F3N2O4S/c1-4-23-29(26,27)15-10-9-13(2)16(11-15)18(25)24(3)12-14-7-5-6-8-17(14)28-19(20,21)22/h5-11,23H,4,12H2,1-3H3. The van der Waals surface area contributed by atoms with Gasteiger partial charge in [0.1, 0.15) is 5.75 Å². The molecule has 0 saturated heterocycles. The monoisotopic (exact) mass is 430 g/mol. The first-order valence-corrected chi connectivity index (χ1v) is 10.1. The van der Waals surface area contributed by atoms with Crippen molar-refractivity contribution in [3.8, 4) is 5.75 Å². The Balaban J connectivity index is 2.30. The predicted octanol–water partition coefficient (Wildman–Crippen LogP) is 3.46. The Morgan fingerprint density at radius 2 is 1.83 bits per heavy atom. The second-order valence-corrected chi connectivity index (χ2v) is 8.06. The van der Waals surface area contributed by atoms with Crippen LogP contribution in [0, 0.1) is 6.92 Å². The summed E-state index contributed by atoms with van der Waals surface area (Å²) in [6.45, 7) is 3.31. The number of amides is 1. The number of benzene rings is 2. The summed E-state index contributed by atoms with van der Waals surface area (Å²) in [4.78, 5) is 14.0. The maximum absolute atomic E-state index is 12.9. The number of carbonyl (C=O) groups is 1. The van der Waals surface area contributed by atoms with Gasteiger partial charge in [0.15, 0.2) is 0 Å². The molecule has 0 fully saturated rings. The van der Waals surface area contributed by atoms with Crippen LogP contribution >= 0.6 is 0 Å². The van der Waals surface area contributed by atoms with Gasteiger partial charge in [-0.25, -0.2) is 13.1 Å². The molecule has 0 aliphatic rings. The van der Waals surface area contributed by atoms with Crippen LogP contribution in [0.15, 0.2) is 47.4 Å². The third-order valence-electron chi connectivity index (χ3n) is 4.04. The van der Waals surface area contributed by atoms with Gasteiger partial charge >= 0.3 is 6.36 Å². The molecule has 0 aliphatic heterocycles. The number of halogens is 3. The van der Waals surface area contributed by atoms with Crippen molar-refractivity contribution < 1.29 is 31.1 Å². The van der Waals surface area contributed by atoms with E-state index in [0.717, 1.165) is 6.07 Å². The van der Waals surface area contributed by atoms with Crippen molar-refractivity contribution in [3.05, 3.63) is 59.2 Å². The van der Waals surface area contributed by atoms with Crippen molar-refractivity contribution in [2.45, 2.75) is 31.7 Å². The lowest BCUT2D eigenvalue weighted by Gasteiger charge is -2.21. The highest BCUT2D eigenvalue weighted by Crippen LogP contribution is 2.27. The van der Waals surface area contributed by atoms with Gasteiger partial charge < -0.3 is 9.64 Å². The molecular weight excluding hydrogens is 409 g/mol. The summed E-state index contributed by atoms with van der Waals surface area (Å²) in [7, 11) is -2.35. The van der Waals surface area contributed by atoms with Crippen molar-refractivity contribution in [1.29, 1.82) is 0 Å². The first-order chi connectivity index (χ1) is 13.4. The fourth-order valence-electron chi connectivity index (χ4n) is 2.66. The van der Waals surface area contributed by atoms with Gasteiger partial charge in [-0.2, -0.15) is 0 Å². The number of ether oxygens (including phenoxy) is 1. The average molecular weight is 430 g/mol. The van der Waals surface area contributed by atoms with E-state index in [-0.39, 0.29) is 29.1 Å². The number of para-hydroxylation sites is 1. The highest BCUT2D eigenvalue weighted by molar-refractivity contribution is 7.89. The van der Waals surface area contributed by atoms with Gasteiger partial charge in [-0.1, -0.05) is 31.2 Å². The lowest BCUT2D eigenvalue weighted by Crippen LogP contribution is -2.28. The number of nitrogens with one attached hydrogen (secondary N) is 1. The minimum absolute atomic E-state index is 0.0671. The van der Waals surface area contributed by atoms with Crippen molar-refractivity contribution in [2.24, 2.45) is 0 Å². The smallest absolute Gasteiger partial charge is 0.405 e. The number of aryl methyl sites for hydroxylation is 1. The number of nitrogens with zero attached hydrogens (tertiary/aromatic N) is 1. The van der Waals surface area contributed by atoms with Crippen LogP contribution in [-0.2, 0) is 16.6 Å². The molecule has 1 amide bonds. The van der Waals surface area contributed by atoms with Crippen LogP contribution < -0.4 is 9.46 Å². The minimum atomic E-state index is -4.86. The number of hydrogen-bond acceptors (Lipinski definition) is 4. The number of sulfonamides is 1. The lowest BCUT2D eigenvalue weighted by atomic mass is 10.1. The first kappa shape index (κ1) is 22.7. The quantitative estimate of drug-likeness (QED) is 0.730. The van der Waals surface area contributed by atoms with Gasteiger partial charge in [0.05, 0.1) is 4.90 Å². The van der Waals surface area contributed by atoms with E-state index in [9.17, 15) is 26.4 Å². The Bertz CT molecular complexity index is 991. The fourth-order valence-corrected chi connectivity index (χ4v) is 3.73. The number of carbonyl (C=O) groups excluding carboxylic acids is 1. The number of hydrogen-bond donors (Lipinski definition) is 1. The third-order valence-corrected chi connectivity index (χ3v) is 5.58. The molecule has 29 heavy (non-hydrogen) atoms. The Labute approximate surface area is 167 Å². The summed E-state index contributed by atoms with van der Waals surface area (Å²) in [5.74, 6) is -0.933. The summed E-state index contributed by atoms with van der Waals surface area (Å²) in [6, 6.07) is 9.66. The van der Waals surface area contributed by atoms with E-state index in [0.29, 0.717) is 5.56 Å². The fraction of sp³-hybridized carbons (Fsp3) is 0.316. The molecule has 6 nitrogen and oxygen atoms in total. The summed E-state index contributed by atoms with van der Waals surface area (Å²) < 4.78 is 68.5. The lowest BCUT2D eigenvalue weighted by molar-refractivity contribution is -0.275. The molecule has 0 atom stereocenters. The van der Waals surface area contributed by atoms with Crippen molar-refractivity contribution in [2.75, 3.05) is 13.6 Å². The van der Waals surface area contributed by atoms with Gasteiger partial charge in [-0.3, -0.25) is 4.79 Å². The zero-order chi connectivity index (χ0) is 21.8. The molecule has 0 spiro atoms. The van der Waals surface area contributed by atoms with E-state index in [2.05, 4.69) is 9.46 Å². The topological polar surface area (TPSA) is 75.7 Å². The summed E-state index contributed by atoms with van der Waals surface area (Å²) in [5, 5.41) is 0. The maximum atomic E-state index is 12.9. The van der Waals surface area contributed by atoms with E-state index in [1.165, 1.54) is 48.3 Å². The molecule has 0 heterocycles. The second kappa shape index (κ2) is 8.83. The SMILES string of the molecule is CCNS(=O)(=O)c1ccc(C)c(C(=O)N(C)Cc2ccccc2OC(F)(F)F)c1. The van der Waals surface area contributed by atoms with Crippen molar-refractivity contribution in [3.63, 3.8) is 0 Å². The van der Waals surface area contributed by atoms with Crippen molar-refractivity contribution >= 4 is 15.9 Å². The van der Waals surface area contributed by atoms with Crippen LogP contribution in [0.2, 0.25) is 0 Å². The van der Waals surface area contributed by atoms with Gasteiger partial charge in [0, 0.05) is 31.3 Å². The molecule has 0 radical (unpaired) electrons. The predicted molar refractivity (Wildman–Crippen MR) is 101 cm³/mol. The van der Waals surface area contributed by atoms with Gasteiger partial charge in [-0.15, -0.1) is 13.2 Å². The highest BCUT2D eigenvalue weighted by Gasteiger charge is 2.32. The number of alkyl halides is 3. The summed E-state index contributed by atoms with van der Waals surface area (Å²) in [5.41, 5.74) is 0.840. The summed E-state index contributed by atoms with van der Waals surface area (Å²) >= 11 is 0. The molecule has 0 bridgehead atoms. The van der Waals surface area contributed by atoms with Gasteiger partial charge in [-0.05, 0) is 30.7 Å². The van der Waals surface area contributed by atoms with Crippen LogP contribution in [0.3, 0.4) is 0 Å². The number of rotatable bonds is 7. The van der Waals surface area contributed by atoms with Crippen LogP contribution in [0.4, 0.5) is 13.2 Å². The van der Waals surface area contributed by atoms with Crippen LogP contribution in [0.1, 0.15) is 28.4 Å². The Kier molecular flexibility index (Phi) is 6.91. The van der Waals surface area contributed by atoms with Crippen molar-refractivity contribution in [1.82, 2.24) is 9.62 Å². The molecule has 10 heteroatoms. The first-order valence-electron chi connectivity index (χ1n) is 8.64.